The van der Waals surface area contributed by atoms with E-state index in [1.165, 1.54) is 12.1 Å². The number of para-hydroxylation sites is 1. The van der Waals surface area contributed by atoms with E-state index in [0.717, 1.165) is 27.7 Å². The molecule has 180 valence electrons. The van der Waals surface area contributed by atoms with Crippen LogP contribution in [0.15, 0.2) is 78.9 Å². The van der Waals surface area contributed by atoms with Gasteiger partial charge in [-0.2, -0.15) is 0 Å². The highest BCUT2D eigenvalue weighted by Crippen LogP contribution is 2.43. The number of aromatic nitrogens is 1. The lowest BCUT2D eigenvalue weighted by atomic mass is 9.86. The topological polar surface area (TPSA) is 99.5 Å². The van der Waals surface area contributed by atoms with Crippen LogP contribution in [0.2, 0.25) is 0 Å². The van der Waals surface area contributed by atoms with Crippen LogP contribution in [0, 0.1) is 10.1 Å². The number of carbonyl (C=O) groups excluding carboxylic acids is 2. The van der Waals surface area contributed by atoms with Gasteiger partial charge in [0.2, 0.25) is 11.8 Å². The molecule has 0 spiro atoms. The van der Waals surface area contributed by atoms with E-state index >= 15 is 0 Å². The zero-order valence-corrected chi connectivity index (χ0v) is 19.5. The average Bonchev–Trinajstić information content (AvgIpc) is 3.28. The molecule has 4 aromatic rings. The Morgan fingerprint density at radius 3 is 2.56 bits per heavy atom. The normalized spacial score (nSPS) is 19.3. The summed E-state index contributed by atoms with van der Waals surface area (Å²) in [5, 5.41) is 12.5. The van der Waals surface area contributed by atoms with Crippen molar-refractivity contribution in [3.05, 3.63) is 111 Å². The van der Waals surface area contributed by atoms with Crippen molar-refractivity contribution >= 4 is 28.4 Å². The number of non-ortho nitro benzene ring substituents is 1. The lowest BCUT2D eigenvalue weighted by molar-refractivity contribution is -0.384. The highest BCUT2D eigenvalue weighted by atomic mass is 16.6. The SMILES string of the molecule is O=C1[C@H]2Cc3c([nH]c4ccccc34)[C@@H](c3cccc([N+](=O)[O-])c3)N2C(=O)CN1CCc1ccccc1. The maximum absolute atomic E-state index is 13.8. The van der Waals surface area contributed by atoms with Gasteiger partial charge in [-0.3, -0.25) is 19.7 Å². The van der Waals surface area contributed by atoms with Crippen molar-refractivity contribution in [2.75, 3.05) is 13.1 Å². The van der Waals surface area contributed by atoms with Crippen molar-refractivity contribution in [2.24, 2.45) is 0 Å². The van der Waals surface area contributed by atoms with Gasteiger partial charge < -0.3 is 14.8 Å². The molecule has 1 fully saturated rings. The number of carbonyl (C=O) groups is 2. The number of nitrogens with one attached hydrogen (secondary N) is 1. The van der Waals surface area contributed by atoms with Crippen molar-refractivity contribution < 1.29 is 14.5 Å². The van der Waals surface area contributed by atoms with Crippen LogP contribution < -0.4 is 0 Å². The first-order valence-electron chi connectivity index (χ1n) is 12.0. The van der Waals surface area contributed by atoms with E-state index in [9.17, 15) is 19.7 Å². The zero-order valence-electron chi connectivity index (χ0n) is 19.5. The number of aromatic amines is 1. The maximum Gasteiger partial charge on any atom is 0.269 e. The molecule has 1 aromatic heterocycles. The van der Waals surface area contributed by atoms with Crippen LogP contribution in [0.5, 0.6) is 0 Å². The van der Waals surface area contributed by atoms with Crippen molar-refractivity contribution in [3.63, 3.8) is 0 Å². The fourth-order valence-corrected chi connectivity index (χ4v) is 5.58. The summed E-state index contributed by atoms with van der Waals surface area (Å²) in [5.74, 6) is -0.245. The Morgan fingerprint density at radius 1 is 0.972 bits per heavy atom. The van der Waals surface area contributed by atoms with Crippen molar-refractivity contribution in [2.45, 2.75) is 24.9 Å². The molecule has 2 aliphatic rings. The quantitative estimate of drug-likeness (QED) is 0.345. The number of nitro groups is 1. The summed E-state index contributed by atoms with van der Waals surface area (Å²) in [6, 6.07) is 22.8. The Morgan fingerprint density at radius 2 is 1.75 bits per heavy atom. The monoisotopic (exact) mass is 480 g/mol. The summed E-state index contributed by atoms with van der Waals surface area (Å²) >= 11 is 0. The Balaban J connectivity index is 1.42. The molecule has 1 saturated heterocycles. The molecule has 0 saturated carbocycles. The van der Waals surface area contributed by atoms with Crippen LogP contribution in [0.3, 0.4) is 0 Å². The molecular formula is C28H24N4O4. The molecule has 1 N–H and O–H groups in total. The van der Waals surface area contributed by atoms with Crippen molar-refractivity contribution in [1.29, 1.82) is 0 Å². The van der Waals surface area contributed by atoms with Crippen LogP contribution in [0.4, 0.5) is 5.69 Å². The van der Waals surface area contributed by atoms with E-state index in [0.29, 0.717) is 24.9 Å². The average molecular weight is 481 g/mol. The molecule has 3 heterocycles. The minimum absolute atomic E-state index is 0.0108. The number of hydrogen-bond donors (Lipinski definition) is 1. The van der Waals surface area contributed by atoms with Gasteiger partial charge >= 0.3 is 0 Å². The van der Waals surface area contributed by atoms with Gasteiger partial charge in [-0.25, -0.2) is 0 Å². The molecule has 0 aliphatic carbocycles. The van der Waals surface area contributed by atoms with Crippen LogP contribution >= 0.6 is 0 Å². The number of rotatable bonds is 5. The first-order chi connectivity index (χ1) is 17.5. The number of nitrogens with zero attached hydrogens (tertiary/aromatic N) is 3. The molecule has 6 rings (SSSR count). The minimum Gasteiger partial charge on any atom is -0.356 e. The molecule has 36 heavy (non-hydrogen) atoms. The van der Waals surface area contributed by atoms with E-state index in [1.54, 1.807) is 21.9 Å². The largest absolute Gasteiger partial charge is 0.356 e. The number of fused-ring (bicyclic) bond motifs is 4. The summed E-state index contributed by atoms with van der Waals surface area (Å²) in [6.07, 6.45) is 1.07. The predicted molar refractivity (Wildman–Crippen MR) is 134 cm³/mol. The van der Waals surface area contributed by atoms with Gasteiger partial charge in [0.25, 0.3) is 5.69 Å². The van der Waals surface area contributed by atoms with Crippen LogP contribution in [-0.4, -0.2) is 50.7 Å². The standard InChI is InChI=1S/C28H24N4O4/c33-25-17-30(14-13-18-7-2-1-3-8-18)28(34)24-16-22-21-11-4-5-12-23(21)29-26(22)27(31(24)25)19-9-6-10-20(15-19)32(35)36/h1-12,15,24,27,29H,13-14,16-17H2/t24-,27-/m1/s1. The number of hydrogen-bond acceptors (Lipinski definition) is 4. The fraction of sp³-hybridized carbons (Fsp3) is 0.214. The van der Waals surface area contributed by atoms with E-state index in [-0.39, 0.29) is 24.0 Å². The van der Waals surface area contributed by atoms with E-state index in [1.807, 2.05) is 54.6 Å². The van der Waals surface area contributed by atoms with E-state index < -0.39 is 17.0 Å². The molecule has 2 aliphatic heterocycles. The van der Waals surface area contributed by atoms with Gasteiger partial charge in [-0.1, -0.05) is 60.7 Å². The number of piperazine rings is 1. The number of amides is 2. The Hall–Kier alpha value is -4.46. The molecule has 0 unspecified atom stereocenters. The first-order valence-corrected chi connectivity index (χ1v) is 12.0. The summed E-state index contributed by atoms with van der Waals surface area (Å²) < 4.78 is 0. The fourth-order valence-electron chi connectivity index (χ4n) is 5.58. The molecule has 8 heteroatoms. The third-order valence-electron chi connectivity index (χ3n) is 7.25. The molecule has 3 aromatic carbocycles. The van der Waals surface area contributed by atoms with E-state index in [4.69, 9.17) is 0 Å². The smallest absolute Gasteiger partial charge is 0.269 e. The summed E-state index contributed by atoms with van der Waals surface area (Å²) in [4.78, 5) is 45.2. The highest BCUT2D eigenvalue weighted by Gasteiger charge is 2.48. The second-order valence-electron chi connectivity index (χ2n) is 9.33. The van der Waals surface area contributed by atoms with Gasteiger partial charge in [0.05, 0.1) is 17.5 Å². The Labute approximate surface area is 207 Å². The molecule has 2 atom stereocenters. The third kappa shape index (κ3) is 3.62. The summed E-state index contributed by atoms with van der Waals surface area (Å²) in [5.41, 5.74) is 4.38. The second-order valence-corrected chi connectivity index (χ2v) is 9.33. The maximum atomic E-state index is 13.8. The lowest BCUT2D eigenvalue weighted by Gasteiger charge is -2.47. The Bertz CT molecular complexity index is 1500. The van der Waals surface area contributed by atoms with Gasteiger partial charge in [0, 0.05) is 41.7 Å². The van der Waals surface area contributed by atoms with Crippen molar-refractivity contribution in [1.82, 2.24) is 14.8 Å². The minimum atomic E-state index is -0.669. The third-order valence-corrected chi connectivity index (χ3v) is 7.25. The number of benzene rings is 3. The number of H-pyrrole nitrogens is 1. The zero-order chi connectivity index (χ0) is 24.8. The summed E-state index contributed by atoms with van der Waals surface area (Å²) in [7, 11) is 0. The lowest BCUT2D eigenvalue weighted by Crippen LogP contribution is -2.63. The predicted octanol–water partition coefficient (Wildman–Crippen LogP) is 4.00. The molecule has 0 bridgehead atoms. The number of nitro benzene ring substituents is 1. The van der Waals surface area contributed by atoms with Crippen LogP contribution in [0.25, 0.3) is 10.9 Å². The van der Waals surface area contributed by atoms with Gasteiger partial charge in [-0.05, 0) is 29.2 Å². The summed E-state index contributed by atoms with van der Waals surface area (Å²) in [6.45, 7) is 0.449. The van der Waals surface area contributed by atoms with E-state index in [2.05, 4.69) is 4.98 Å². The van der Waals surface area contributed by atoms with Crippen LogP contribution in [0.1, 0.15) is 28.4 Å². The first kappa shape index (κ1) is 22.0. The van der Waals surface area contributed by atoms with Gasteiger partial charge in [0.1, 0.15) is 6.04 Å². The molecule has 0 radical (unpaired) electrons. The van der Waals surface area contributed by atoms with Crippen LogP contribution in [-0.2, 0) is 22.4 Å². The molecular weight excluding hydrogens is 456 g/mol. The van der Waals surface area contributed by atoms with Gasteiger partial charge in [0.15, 0.2) is 0 Å². The second kappa shape index (κ2) is 8.64. The molecule has 8 nitrogen and oxygen atoms in total. The van der Waals surface area contributed by atoms with Crippen molar-refractivity contribution in [3.8, 4) is 0 Å². The Kier molecular flexibility index (Phi) is 5.29. The molecule has 2 amide bonds. The van der Waals surface area contributed by atoms with Gasteiger partial charge in [-0.15, -0.1) is 0 Å². The highest BCUT2D eigenvalue weighted by molar-refractivity contribution is 5.97.